The molecule has 3 aromatic heterocycles. The van der Waals surface area contributed by atoms with Gasteiger partial charge in [0.15, 0.2) is 5.65 Å². The number of H-pyrrole nitrogens is 1. The number of aryl methyl sites for hydroxylation is 1. The lowest BCUT2D eigenvalue weighted by Crippen LogP contribution is -2.21. The van der Waals surface area contributed by atoms with Crippen LogP contribution in [0.2, 0.25) is 0 Å². The molecule has 0 spiro atoms. The standard InChI is InChI=1S/C33H33N7O2/c1-21-11-13-22(14-12-21)40-30(20-28(39-40)33(2,3)4)38-32(41)36-25-15-16-27(24-9-6-5-8-23(24)25)42-19-17-29-35-26-10-7-18-34-31(26)37-29/h5-16,18,20H,17,19H2,1-4H3,(H,34,35,37)(H2,36,38,41). The third-order valence-electron chi connectivity index (χ3n) is 7.03. The van der Waals surface area contributed by atoms with E-state index in [1.807, 2.05) is 85.8 Å². The Bertz CT molecular complexity index is 1850. The number of nitrogens with one attached hydrogen (secondary N) is 3. The topological polar surface area (TPSA) is 110 Å². The summed E-state index contributed by atoms with van der Waals surface area (Å²) in [6.45, 7) is 8.78. The molecule has 0 aliphatic carbocycles. The molecule has 212 valence electrons. The second-order valence-corrected chi connectivity index (χ2v) is 11.3. The highest BCUT2D eigenvalue weighted by molar-refractivity contribution is 6.07. The van der Waals surface area contributed by atoms with Crippen molar-refractivity contribution in [1.82, 2.24) is 24.7 Å². The lowest BCUT2D eigenvalue weighted by Gasteiger charge is -2.14. The van der Waals surface area contributed by atoms with Crippen LogP contribution in [-0.2, 0) is 11.8 Å². The van der Waals surface area contributed by atoms with Gasteiger partial charge >= 0.3 is 6.03 Å². The molecule has 0 bridgehead atoms. The number of urea groups is 1. The van der Waals surface area contributed by atoms with E-state index in [2.05, 4.69) is 46.4 Å². The van der Waals surface area contributed by atoms with E-state index in [-0.39, 0.29) is 11.4 Å². The fourth-order valence-corrected chi connectivity index (χ4v) is 4.77. The van der Waals surface area contributed by atoms with Crippen LogP contribution in [0.25, 0.3) is 27.6 Å². The third kappa shape index (κ3) is 5.67. The number of fused-ring (bicyclic) bond motifs is 2. The average Bonchev–Trinajstić information content (AvgIpc) is 3.59. The number of hydrogen-bond acceptors (Lipinski definition) is 5. The van der Waals surface area contributed by atoms with Gasteiger partial charge in [-0.25, -0.2) is 19.4 Å². The Morgan fingerprint density at radius 2 is 1.74 bits per heavy atom. The van der Waals surface area contributed by atoms with Crippen LogP contribution in [0.3, 0.4) is 0 Å². The van der Waals surface area contributed by atoms with Crippen molar-refractivity contribution in [2.24, 2.45) is 0 Å². The van der Waals surface area contributed by atoms with Crippen LogP contribution in [0, 0.1) is 6.92 Å². The van der Waals surface area contributed by atoms with Crippen molar-refractivity contribution >= 4 is 39.5 Å². The fraction of sp³-hybridized carbons (Fsp3) is 0.212. The van der Waals surface area contributed by atoms with Crippen molar-refractivity contribution in [3.8, 4) is 11.4 Å². The van der Waals surface area contributed by atoms with Gasteiger partial charge in [-0.2, -0.15) is 5.10 Å². The van der Waals surface area contributed by atoms with Crippen molar-refractivity contribution in [2.75, 3.05) is 17.2 Å². The Labute approximate surface area is 244 Å². The number of hydrogen-bond donors (Lipinski definition) is 3. The van der Waals surface area contributed by atoms with Crippen LogP contribution in [0.1, 0.15) is 37.9 Å². The van der Waals surface area contributed by atoms with E-state index in [9.17, 15) is 4.79 Å². The summed E-state index contributed by atoms with van der Waals surface area (Å²) in [7, 11) is 0. The van der Waals surface area contributed by atoms with Gasteiger partial charge < -0.3 is 15.0 Å². The van der Waals surface area contributed by atoms with Gasteiger partial charge in [-0.15, -0.1) is 0 Å². The zero-order valence-electron chi connectivity index (χ0n) is 24.1. The number of carbonyl (C=O) groups is 1. The number of aromatic nitrogens is 5. The molecule has 6 rings (SSSR count). The molecule has 0 aliphatic heterocycles. The normalized spacial score (nSPS) is 11.6. The summed E-state index contributed by atoms with van der Waals surface area (Å²) < 4.78 is 7.93. The summed E-state index contributed by atoms with van der Waals surface area (Å²) in [6, 6.07) is 25.0. The number of benzene rings is 3. The first-order valence-electron chi connectivity index (χ1n) is 13.9. The monoisotopic (exact) mass is 559 g/mol. The highest BCUT2D eigenvalue weighted by atomic mass is 16.5. The van der Waals surface area contributed by atoms with E-state index >= 15 is 0 Å². The summed E-state index contributed by atoms with van der Waals surface area (Å²) in [5.74, 6) is 2.15. The fourth-order valence-electron chi connectivity index (χ4n) is 4.77. The van der Waals surface area contributed by atoms with Crippen molar-refractivity contribution in [1.29, 1.82) is 0 Å². The smallest absolute Gasteiger partial charge is 0.324 e. The van der Waals surface area contributed by atoms with E-state index in [4.69, 9.17) is 9.84 Å². The number of ether oxygens (including phenoxy) is 1. The molecular formula is C33H33N7O2. The largest absolute Gasteiger partial charge is 0.492 e. The molecule has 0 atom stereocenters. The molecule has 0 saturated heterocycles. The first-order chi connectivity index (χ1) is 20.2. The van der Waals surface area contributed by atoms with Crippen LogP contribution in [0.15, 0.2) is 85.1 Å². The predicted molar refractivity (Wildman–Crippen MR) is 167 cm³/mol. The molecule has 0 unspecified atom stereocenters. The molecule has 9 heteroatoms. The highest BCUT2D eigenvalue weighted by Crippen LogP contribution is 2.32. The van der Waals surface area contributed by atoms with Crippen LogP contribution in [0.4, 0.5) is 16.3 Å². The van der Waals surface area contributed by atoms with E-state index in [1.165, 1.54) is 0 Å². The number of anilines is 2. The van der Waals surface area contributed by atoms with Gasteiger partial charge in [0.2, 0.25) is 0 Å². The maximum absolute atomic E-state index is 13.3. The van der Waals surface area contributed by atoms with Crippen molar-refractivity contribution < 1.29 is 9.53 Å². The SMILES string of the molecule is Cc1ccc(-n2nc(C(C)(C)C)cc2NC(=O)Nc2ccc(OCCc3nc4ncccc4[nH]3)c3ccccc23)cc1. The number of aromatic amines is 1. The number of imidazole rings is 1. The lowest BCUT2D eigenvalue weighted by molar-refractivity contribution is 0.262. The van der Waals surface area contributed by atoms with Crippen LogP contribution < -0.4 is 15.4 Å². The Morgan fingerprint density at radius 1 is 0.952 bits per heavy atom. The summed E-state index contributed by atoms with van der Waals surface area (Å²) in [5, 5.41) is 12.6. The molecule has 9 nitrogen and oxygen atoms in total. The molecule has 3 aromatic carbocycles. The number of rotatable bonds is 7. The van der Waals surface area contributed by atoms with Gasteiger partial charge in [0, 0.05) is 34.9 Å². The van der Waals surface area contributed by atoms with Crippen molar-refractivity contribution in [2.45, 2.75) is 39.5 Å². The first-order valence-corrected chi connectivity index (χ1v) is 13.9. The summed E-state index contributed by atoms with van der Waals surface area (Å²) in [4.78, 5) is 25.4. The Kier molecular flexibility index (Phi) is 7.08. The zero-order valence-corrected chi connectivity index (χ0v) is 24.1. The number of carbonyl (C=O) groups excluding carboxylic acids is 1. The second-order valence-electron chi connectivity index (χ2n) is 11.3. The zero-order chi connectivity index (χ0) is 29.3. The Hall–Kier alpha value is -5.18. The highest BCUT2D eigenvalue weighted by Gasteiger charge is 2.22. The van der Waals surface area contributed by atoms with Gasteiger partial charge in [-0.05, 0) is 43.3 Å². The molecule has 3 heterocycles. The maximum Gasteiger partial charge on any atom is 0.324 e. The Balaban J connectivity index is 1.19. The average molecular weight is 560 g/mol. The van der Waals surface area contributed by atoms with Gasteiger partial charge in [0.25, 0.3) is 0 Å². The van der Waals surface area contributed by atoms with Gasteiger partial charge in [-0.1, -0.05) is 62.7 Å². The summed E-state index contributed by atoms with van der Waals surface area (Å²) in [5.41, 5.74) is 5.00. The molecular weight excluding hydrogens is 526 g/mol. The number of pyridine rings is 1. The molecule has 0 fully saturated rings. The first kappa shape index (κ1) is 27.0. The lowest BCUT2D eigenvalue weighted by atomic mass is 9.92. The predicted octanol–water partition coefficient (Wildman–Crippen LogP) is 7.17. The van der Waals surface area contributed by atoms with Gasteiger partial charge in [-0.3, -0.25) is 5.32 Å². The molecule has 42 heavy (non-hydrogen) atoms. The van der Waals surface area contributed by atoms with Crippen LogP contribution in [0.5, 0.6) is 5.75 Å². The molecule has 3 N–H and O–H groups in total. The van der Waals surface area contributed by atoms with E-state index < -0.39 is 0 Å². The summed E-state index contributed by atoms with van der Waals surface area (Å²) >= 11 is 0. The second kappa shape index (κ2) is 11.0. The van der Waals surface area contributed by atoms with E-state index in [1.54, 1.807) is 10.9 Å². The minimum atomic E-state index is -0.360. The molecule has 6 aromatic rings. The van der Waals surface area contributed by atoms with E-state index in [0.717, 1.165) is 44.8 Å². The Morgan fingerprint density at radius 3 is 2.50 bits per heavy atom. The molecule has 0 saturated carbocycles. The molecule has 0 aliphatic rings. The summed E-state index contributed by atoms with van der Waals surface area (Å²) in [6.07, 6.45) is 2.34. The van der Waals surface area contributed by atoms with Crippen LogP contribution >= 0.6 is 0 Å². The quantitative estimate of drug-likeness (QED) is 0.192. The minimum Gasteiger partial charge on any atom is -0.492 e. The van der Waals surface area contributed by atoms with Gasteiger partial charge in [0.1, 0.15) is 17.4 Å². The number of amides is 2. The molecule has 2 amide bonds. The van der Waals surface area contributed by atoms with Crippen molar-refractivity contribution in [3.05, 3.63) is 102 Å². The minimum absolute atomic E-state index is 0.184. The number of nitrogens with zero attached hydrogens (tertiary/aromatic N) is 4. The van der Waals surface area contributed by atoms with Gasteiger partial charge in [0.05, 0.1) is 29.2 Å². The van der Waals surface area contributed by atoms with Crippen molar-refractivity contribution in [3.63, 3.8) is 0 Å². The van der Waals surface area contributed by atoms with Crippen LogP contribution in [-0.4, -0.2) is 37.4 Å². The third-order valence-corrected chi connectivity index (χ3v) is 7.03. The molecule has 0 radical (unpaired) electrons. The maximum atomic E-state index is 13.3. The van der Waals surface area contributed by atoms with E-state index in [0.29, 0.717) is 30.2 Å².